The molecule has 0 aliphatic rings. The second-order valence-electron chi connectivity index (χ2n) is 7.73. The van der Waals surface area contributed by atoms with E-state index in [9.17, 15) is 23.1 Å². The van der Waals surface area contributed by atoms with Gasteiger partial charge in [0.05, 0.1) is 17.7 Å². The summed E-state index contributed by atoms with van der Waals surface area (Å²) in [5.74, 6) is -0.480. The van der Waals surface area contributed by atoms with Gasteiger partial charge in [0, 0.05) is 18.0 Å². The smallest absolute Gasteiger partial charge is 0.335 e. The first-order chi connectivity index (χ1) is 17.2. The number of para-hydroxylation sites is 1. The van der Waals surface area contributed by atoms with Gasteiger partial charge in [0.15, 0.2) is 0 Å². The van der Waals surface area contributed by atoms with Crippen molar-refractivity contribution in [3.05, 3.63) is 105 Å². The van der Waals surface area contributed by atoms with E-state index in [1.54, 1.807) is 54.6 Å². The molecule has 0 unspecified atom stereocenters. The lowest BCUT2D eigenvalue weighted by Gasteiger charge is -2.11. The first kappa shape index (κ1) is 24.5. The summed E-state index contributed by atoms with van der Waals surface area (Å²) >= 11 is 0. The maximum absolute atomic E-state index is 12.8. The maximum atomic E-state index is 12.8. The fraction of sp³-hybridized carbons (Fsp3) is 0.0800. The number of aromatic amines is 1. The normalized spacial score (nSPS) is 11.5. The number of nitrogens with one attached hydrogen (secondary N) is 2. The minimum atomic E-state index is -3.90. The number of aromatic hydroxyl groups is 1. The SMILES string of the molecule is COc1cc(S(=O)(=O)Nc2ccccc2)ccc1N=Cc1c(O)n(-c2ccc(C)cc2)c(=O)[nH]c1=O. The van der Waals surface area contributed by atoms with E-state index in [4.69, 9.17) is 4.74 Å². The Balaban J connectivity index is 1.70. The molecule has 36 heavy (non-hydrogen) atoms. The third kappa shape index (κ3) is 5.05. The molecule has 0 radical (unpaired) electrons. The molecule has 1 heterocycles. The zero-order chi connectivity index (χ0) is 25.9. The van der Waals surface area contributed by atoms with Crippen LogP contribution in [0.1, 0.15) is 11.1 Å². The molecule has 1 aromatic heterocycles. The first-order valence-corrected chi connectivity index (χ1v) is 12.1. The molecule has 4 aromatic rings. The fourth-order valence-corrected chi connectivity index (χ4v) is 4.45. The number of hydrogen-bond acceptors (Lipinski definition) is 7. The van der Waals surface area contributed by atoms with Gasteiger partial charge < -0.3 is 9.84 Å². The van der Waals surface area contributed by atoms with Crippen molar-refractivity contribution in [2.45, 2.75) is 11.8 Å². The van der Waals surface area contributed by atoms with Crippen LogP contribution in [0.15, 0.2) is 92.3 Å². The summed E-state index contributed by atoms with van der Waals surface area (Å²) in [6, 6.07) is 19.2. The summed E-state index contributed by atoms with van der Waals surface area (Å²) in [5, 5.41) is 10.7. The third-order valence-corrected chi connectivity index (χ3v) is 6.61. The number of sulfonamides is 1. The zero-order valence-corrected chi connectivity index (χ0v) is 20.1. The van der Waals surface area contributed by atoms with Crippen LogP contribution in [0, 0.1) is 6.92 Å². The number of H-pyrrole nitrogens is 1. The van der Waals surface area contributed by atoms with Gasteiger partial charge in [-0.2, -0.15) is 0 Å². The minimum Gasteiger partial charge on any atom is -0.494 e. The van der Waals surface area contributed by atoms with Crippen LogP contribution < -0.4 is 20.7 Å². The van der Waals surface area contributed by atoms with Crippen LogP contribution >= 0.6 is 0 Å². The van der Waals surface area contributed by atoms with E-state index in [1.165, 1.54) is 25.3 Å². The summed E-state index contributed by atoms with van der Waals surface area (Å²) in [7, 11) is -2.56. The highest BCUT2D eigenvalue weighted by Crippen LogP contribution is 2.31. The number of anilines is 1. The lowest BCUT2D eigenvalue weighted by Crippen LogP contribution is -2.31. The van der Waals surface area contributed by atoms with Gasteiger partial charge in [-0.25, -0.2) is 17.8 Å². The Hall–Kier alpha value is -4.64. The molecule has 0 aliphatic carbocycles. The van der Waals surface area contributed by atoms with E-state index < -0.39 is 27.2 Å². The van der Waals surface area contributed by atoms with E-state index in [1.807, 2.05) is 6.92 Å². The summed E-state index contributed by atoms with van der Waals surface area (Å²) in [6.07, 6.45) is 1.08. The molecule has 0 saturated carbocycles. The Morgan fingerprint density at radius 3 is 2.39 bits per heavy atom. The van der Waals surface area contributed by atoms with E-state index in [2.05, 4.69) is 14.7 Å². The van der Waals surface area contributed by atoms with E-state index in [0.717, 1.165) is 16.3 Å². The summed E-state index contributed by atoms with van der Waals surface area (Å²) < 4.78 is 34.2. The summed E-state index contributed by atoms with van der Waals surface area (Å²) in [5.41, 5.74) is -0.00726. The van der Waals surface area contributed by atoms with Crippen molar-refractivity contribution in [2.24, 2.45) is 4.99 Å². The van der Waals surface area contributed by atoms with Crippen LogP contribution in [0.25, 0.3) is 5.69 Å². The number of aromatic nitrogens is 2. The van der Waals surface area contributed by atoms with Gasteiger partial charge in [-0.05, 0) is 43.3 Å². The average molecular weight is 507 g/mol. The number of methoxy groups -OCH3 is 1. The van der Waals surface area contributed by atoms with Crippen molar-refractivity contribution in [1.29, 1.82) is 0 Å². The van der Waals surface area contributed by atoms with Gasteiger partial charge in [0.1, 0.15) is 17.0 Å². The van der Waals surface area contributed by atoms with Gasteiger partial charge in [0.2, 0.25) is 5.88 Å². The second-order valence-corrected chi connectivity index (χ2v) is 9.41. The maximum Gasteiger partial charge on any atom is 0.335 e. The van der Waals surface area contributed by atoms with Crippen molar-refractivity contribution in [3.8, 4) is 17.3 Å². The lowest BCUT2D eigenvalue weighted by atomic mass is 10.2. The predicted molar refractivity (Wildman–Crippen MR) is 137 cm³/mol. The van der Waals surface area contributed by atoms with Crippen LogP contribution in [0.3, 0.4) is 0 Å². The van der Waals surface area contributed by atoms with Crippen LogP contribution in [-0.2, 0) is 10.0 Å². The molecule has 184 valence electrons. The number of nitrogens with zero attached hydrogens (tertiary/aromatic N) is 2. The van der Waals surface area contributed by atoms with Gasteiger partial charge in [-0.15, -0.1) is 0 Å². The molecular weight excluding hydrogens is 484 g/mol. The number of hydrogen-bond donors (Lipinski definition) is 3. The zero-order valence-electron chi connectivity index (χ0n) is 19.3. The van der Waals surface area contributed by atoms with Crippen LogP contribution in [0.5, 0.6) is 11.6 Å². The molecule has 0 fully saturated rings. The van der Waals surface area contributed by atoms with Gasteiger partial charge in [-0.1, -0.05) is 35.9 Å². The van der Waals surface area contributed by atoms with Crippen molar-refractivity contribution >= 4 is 27.6 Å². The summed E-state index contributed by atoms with van der Waals surface area (Å²) in [6.45, 7) is 1.87. The molecule has 0 amide bonds. The molecule has 0 bridgehead atoms. The van der Waals surface area contributed by atoms with Crippen LogP contribution in [0.2, 0.25) is 0 Å². The Morgan fingerprint density at radius 1 is 1.03 bits per heavy atom. The molecule has 0 aliphatic heterocycles. The van der Waals surface area contributed by atoms with Crippen molar-refractivity contribution < 1.29 is 18.3 Å². The van der Waals surface area contributed by atoms with Crippen molar-refractivity contribution in [3.63, 3.8) is 0 Å². The highest BCUT2D eigenvalue weighted by Gasteiger charge is 2.18. The molecule has 11 heteroatoms. The van der Waals surface area contributed by atoms with Gasteiger partial charge in [-0.3, -0.25) is 19.5 Å². The van der Waals surface area contributed by atoms with Gasteiger partial charge >= 0.3 is 5.69 Å². The number of aryl methyl sites for hydroxylation is 1. The average Bonchev–Trinajstić information content (AvgIpc) is 2.85. The Kier molecular flexibility index (Phi) is 6.75. The third-order valence-electron chi connectivity index (χ3n) is 5.23. The highest BCUT2D eigenvalue weighted by molar-refractivity contribution is 7.92. The first-order valence-electron chi connectivity index (χ1n) is 10.6. The molecule has 10 nitrogen and oxygen atoms in total. The largest absolute Gasteiger partial charge is 0.494 e. The van der Waals surface area contributed by atoms with Crippen molar-refractivity contribution in [2.75, 3.05) is 11.8 Å². The number of aliphatic imine (C=N–C) groups is 1. The predicted octanol–water partition coefficient (Wildman–Crippen LogP) is 3.10. The molecule has 4 rings (SSSR count). The lowest BCUT2D eigenvalue weighted by molar-refractivity contribution is 0.415. The van der Waals surface area contributed by atoms with Gasteiger partial charge in [0.25, 0.3) is 15.6 Å². The van der Waals surface area contributed by atoms with E-state index >= 15 is 0 Å². The molecule has 0 saturated heterocycles. The Bertz CT molecular complexity index is 1660. The molecular formula is C25H22N4O6S. The topological polar surface area (TPSA) is 143 Å². The monoisotopic (exact) mass is 506 g/mol. The molecule has 3 N–H and O–H groups in total. The standard InChI is InChI=1S/C25H22N4O6S/c1-16-8-10-18(11-9-16)29-24(31)20(23(30)27-25(29)32)15-26-21-13-12-19(14-22(21)35-2)36(33,34)28-17-6-4-3-5-7-17/h3-15,28,31H,1-2H3,(H,27,30,32). The summed E-state index contributed by atoms with van der Waals surface area (Å²) in [4.78, 5) is 31.0. The number of ether oxygens (including phenoxy) is 1. The van der Waals surface area contributed by atoms with Crippen LogP contribution in [-0.4, -0.2) is 36.4 Å². The van der Waals surface area contributed by atoms with Crippen molar-refractivity contribution in [1.82, 2.24) is 9.55 Å². The van der Waals surface area contributed by atoms with Crippen LogP contribution in [0.4, 0.5) is 11.4 Å². The quantitative estimate of drug-likeness (QED) is 0.329. The molecule has 0 spiro atoms. The van der Waals surface area contributed by atoms with E-state index in [0.29, 0.717) is 11.4 Å². The Labute approximate surface area is 206 Å². The van der Waals surface area contributed by atoms with E-state index in [-0.39, 0.29) is 21.9 Å². The number of rotatable bonds is 7. The molecule has 3 aromatic carbocycles. The fourth-order valence-electron chi connectivity index (χ4n) is 3.37. The molecule has 0 atom stereocenters. The number of benzene rings is 3. The highest BCUT2D eigenvalue weighted by atomic mass is 32.2. The minimum absolute atomic E-state index is 0.0595. The second kappa shape index (κ2) is 9.92. The Morgan fingerprint density at radius 2 is 1.72 bits per heavy atom.